The molecule has 0 aliphatic carbocycles. The van der Waals surface area contributed by atoms with Crippen LogP contribution in [0.15, 0.2) is 0 Å². The van der Waals surface area contributed by atoms with Gasteiger partial charge in [-0.3, -0.25) is 0 Å². The fourth-order valence-electron chi connectivity index (χ4n) is 1.62. The van der Waals surface area contributed by atoms with Crippen molar-refractivity contribution in [2.75, 3.05) is 11.5 Å². The molecule has 0 saturated carbocycles. The molecule has 0 amide bonds. The molecule has 72 valence electrons. The first kappa shape index (κ1) is 10.7. The van der Waals surface area contributed by atoms with Crippen molar-refractivity contribution < 1.29 is 0 Å². The Balaban J connectivity index is 2.36. The molecule has 1 aliphatic rings. The smallest absolute Gasteiger partial charge is 0.0315 e. The summed E-state index contributed by atoms with van der Waals surface area (Å²) in [6, 6.07) is 0.419. The van der Waals surface area contributed by atoms with Crippen molar-refractivity contribution in [3.8, 4) is 0 Å². The summed E-state index contributed by atoms with van der Waals surface area (Å²) in [7, 11) is 0. The molecule has 3 heteroatoms. The monoisotopic (exact) mass is 205 g/mol. The Morgan fingerprint density at radius 1 is 1.42 bits per heavy atom. The number of hydrogen-bond donors (Lipinski definition) is 1. The zero-order chi connectivity index (χ0) is 8.97. The van der Waals surface area contributed by atoms with Crippen LogP contribution in [0.25, 0.3) is 0 Å². The highest BCUT2D eigenvalue weighted by Gasteiger charge is 2.27. The lowest BCUT2D eigenvalue weighted by Crippen LogP contribution is -2.40. The average molecular weight is 205 g/mol. The van der Waals surface area contributed by atoms with Crippen LogP contribution in [0.2, 0.25) is 0 Å². The Morgan fingerprint density at radius 3 is 2.67 bits per heavy atom. The van der Waals surface area contributed by atoms with E-state index < -0.39 is 0 Å². The quantitative estimate of drug-likeness (QED) is 0.766. The van der Waals surface area contributed by atoms with E-state index in [1.165, 1.54) is 24.3 Å². The Morgan fingerprint density at radius 2 is 2.08 bits per heavy atom. The van der Waals surface area contributed by atoms with Crippen LogP contribution in [-0.2, 0) is 0 Å². The lowest BCUT2D eigenvalue weighted by molar-refractivity contribution is 0.571. The number of thioether (sulfide) groups is 2. The highest BCUT2D eigenvalue weighted by atomic mass is 32.2. The largest absolute Gasteiger partial charge is 0.327 e. The topological polar surface area (TPSA) is 26.0 Å². The maximum atomic E-state index is 6.12. The summed E-state index contributed by atoms with van der Waals surface area (Å²) in [6.07, 6.45) is 2.40. The van der Waals surface area contributed by atoms with Crippen molar-refractivity contribution in [2.24, 2.45) is 5.73 Å². The predicted octanol–water partition coefficient (Wildman–Crippen LogP) is 2.35. The zero-order valence-corrected chi connectivity index (χ0v) is 9.59. The fourth-order valence-corrected chi connectivity index (χ4v) is 4.55. The molecule has 0 bridgehead atoms. The van der Waals surface area contributed by atoms with Crippen LogP contribution in [0, 0.1) is 0 Å². The van der Waals surface area contributed by atoms with Crippen LogP contribution in [0.3, 0.4) is 0 Å². The second-order valence-corrected chi connectivity index (χ2v) is 6.13. The van der Waals surface area contributed by atoms with E-state index in [-0.39, 0.29) is 0 Å². The van der Waals surface area contributed by atoms with Crippen LogP contribution in [0.5, 0.6) is 0 Å². The average Bonchev–Trinajstić information content (AvgIpc) is 2.05. The van der Waals surface area contributed by atoms with Gasteiger partial charge in [0.05, 0.1) is 0 Å². The highest BCUT2D eigenvalue weighted by molar-refractivity contribution is 8.07. The summed E-state index contributed by atoms with van der Waals surface area (Å²) in [5.74, 6) is 2.60. The van der Waals surface area contributed by atoms with E-state index in [1.54, 1.807) is 0 Å². The fraction of sp³-hybridized carbons (Fsp3) is 1.00. The normalized spacial score (nSPS) is 33.2. The van der Waals surface area contributed by atoms with Gasteiger partial charge in [-0.15, -0.1) is 0 Å². The number of rotatable bonds is 3. The Kier molecular flexibility index (Phi) is 4.84. The van der Waals surface area contributed by atoms with Gasteiger partial charge in [-0.2, -0.15) is 23.5 Å². The summed E-state index contributed by atoms with van der Waals surface area (Å²) in [5, 5.41) is 1.45. The van der Waals surface area contributed by atoms with E-state index in [1.807, 2.05) is 0 Å². The van der Waals surface area contributed by atoms with E-state index in [2.05, 4.69) is 37.4 Å². The van der Waals surface area contributed by atoms with Gasteiger partial charge >= 0.3 is 0 Å². The van der Waals surface area contributed by atoms with Crippen molar-refractivity contribution in [3.05, 3.63) is 0 Å². The minimum absolute atomic E-state index is 0.419. The second kappa shape index (κ2) is 5.40. The summed E-state index contributed by atoms with van der Waals surface area (Å²) < 4.78 is 0. The third kappa shape index (κ3) is 2.86. The lowest BCUT2D eigenvalue weighted by atomic mass is 10.1. The Labute approximate surface area is 84.2 Å². The molecule has 1 nitrogen and oxygen atoms in total. The van der Waals surface area contributed by atoms with Crippen molar-refractivity contribution in [2.45, 2.75) is 43.2 Å². The molecular formula is C9H19NS2. The molecular weight excluding hydrogens is 186 g/mol. The predicted molar refractivity (Wildman–Crippen MR) is 61.0 cm³/mol. The van der Waals surface area contributed by atoms with Crippen molar-refractivity contribution in [3.63, 3.8) is 0 Å². The second-order valence-electron chi connectivity index (χ2n) is 3.36. The molecule has 0 aromatic carbocycles. The van der Waals surface area contributed by atoms with E-state index >= 15 is 0 Å². The van der Waals surface area contributed by atoms with E-state index in [9.17, 15) is 0 Å². The summed E-state index contributed by atoms with van der Waals surface area (Å²) >= 11 is 4.15. The van der Waals surface area contributed by atoms with Crippen molar-refractivity contribution in [1.29, 1.82) is 0 Å². The van der Waals surface area contributed by atoms with Gasteiger partial charge in [-0.1, -0.05) is 20.3 Å². The molecule has 1 fully saturated rings. The highest BCUT2D eigenvalue weighted by Crippen LogP contribution is 2.33. The zero-order valence-electron chi connectivity index (χ0n) is 7.95. The first-order valence-corrected chi connectivity index (χ1v) is 6.84. The van der Waals surface area contributed by atoms with Gasteiger partial charge in [0.1, 0.15) is 0 Å². The molecule has 2 N–H and O–H groups in total. The molecule has 0 radical (unpaired) electrons. The molecule has 3 unspecified atom stereocenters. The molecule has 1 aliphatic heterocycles. The number of hydrogen-bond acceptors (Lipinski definition) is 3. The van der Waals surface area contributed by atoms with Crippen LogP contribution >= 0.6 is 23.5 Å². The van der Waals surface area contributed by atoms with Gasteiger partial charge in [0.15, 0.2) is 0 Å². The van der Waals surface area contributed by atoms with Gasteiger partial charge in [-0.25, -0.2) is 0 Å². The van der Waals surface area contributed by atoms with E-state index in [0.29, 0.717) is 11.3 Å². The molecule has 1 saturated heterocycles. The number of nitrogens with two attached hydrogens (primary N) is 1. The standard InChI is InChI=1S/C9H19NS2/c1-3-4-8(10)9-7(2)11-5-6-12-9/h7-9H,3-6,10H2,1-2H3. The van der Waals surface area contributed by atoms with Gasteiger partial charge in [0.25, 0.3) is 0 Å². The molecule has 1 heterocycles. The third-order valence-corrected chi connectivity index (χ3v) is 5.55. The SMILES string of the molecule is CCCC(N)C1SCCSC1C. The molecule has 3 atom stereocenters. The molecule has 0 spiro atoms. The van der Waals surface area contributed by atoms with Gasteiger partial charge in [0, 0.05) is 28.0 Å². The van der Waals surface area contributed by atoms with Gasteiger partial charge in [0.2, 0.25) is 0 Å². The first-order valence-electron chi connectivity index (χ1n) is 4.74. The van der Waals surface area contributed by atoms with Gasteiger partial charge < -0.3 is 5.73 Å². The molecule has 0 aromatic heterocycles. The minimum atomic E-state index is 0.419. The van der Waals surface area contributed by atoms with Crippen LogP contribution in [0.4, 0.5) is 0 Å². The van der Waals surface area contributed by atoms with E-state index in [4.69, 9.17) is 5.73 Å². The molecule has 12 heavy (non-hydrogen) atoms. The first-order chi connectivity index (χ1) is 5.75. The van der Waals surface area contributed by atoms with Crippen LogP contribution in [-0.4, -0.2) is 28.0 Å². The maximum absolute atomic E-state index is 6.12. The summed E-state index contributed by atoms with van der Waals surface area (Å²) in [4.78, 5) is 0. The van der Waals surface area contributed by atoms with Gasteiger partial charge in [-0.05, 0) is 6.42 Å². The van der Waals surface area contributed by atoms with E-state index in [0.717, 1.165) is 5.25 Å². The Bertz CT molecular complexity index is 130. The Hall–Kier alpha value is 0.660. The van der Waals surface area contributed by atoms with Crippen LogP contribution in [0.1, 0.15) is 26.7 Å². The maximum Gasteiger partial charge on any atom is 0.0315 e. The van der Waals surface area contributed by atoms with Crippen LogP contribution < -0.4 is 5.73 Å². The molecule has 1 rings (SSSR count). The van der Waals surface area contributed by atoms with Crippen molar-refractivity contribution in [1.82, 2.24) is 0 Å². The molecule has 0 aromatic rings. The lowest BCUT2D eigenvalue weighted by Gasteiger charge is -2.32. The summed E-state index contributed by atoms with van der Waals surface area (Å²) in [6.45, 7) is 4.53. The van der Waals surface area contributed by atoms with Crippen molar-refractivity contribution >= 4 is 23.5 Å². The summed E-state index contributed by atoms with van der Waals surface area (Å²) in [5.41, 5.74) is 6.12. The minimum Gasteiger partial charge on any atom is -0.327 e. The third-order valence-electron chi connectivity index (χ3n) is 2.28.